The number of methoxy groups -OCH3 is 2. The Balaban J connectivity index is 0.00000208. The Morgan fingerprint density at radius 3 is 2.42 bits per heavy atom. The van der Waals surface area contributed by atoms with Crippen molar-refractivity contribution in [3.05, 3.63) is 47.6 Å². The maximum atomic E-state index is 5.56. The van der Waals surface area contributed by atoms with E-state index < -0.39 is 0 Å². The van der Waals surface area contributed by atoms with Gasteiger partial charge in [0, 0.05) is 18.0 Å². The Morgan fingerprint density at radius 2 is 1.79 bits per heavy atom. The van der Waals surface area contributed by atoms with E-state index in [9.17, 15) is 0 Å². The van der Waals surface area contributed by atoms with Gasteiger partial charge in [0.05, 0.1) is 14.2 Å². The Labute approximate surface area is 151 Å². The van der Waals surface area contributed by atoms with Crippen LogP contribution >= 0.6 is 12.4 Å². The third-order valence-electron chi connectivity index (χ3n) is 5.65. The SMILES string of the molecule is COc1cc2c(cc1OC)C(C1(C)C=CC=CC1C)N(C)CC2.Cl. The van der Waals surface area contributed by atoms with Gasteiger partial charge in [-0.25, -0.2) is 0 Å². The average molecular weight is 350 g/mol. The fourth-order valence-electron chi connectivity index (χ4n) is 4.07. The molecule has 4 heteroatoms. The summed E-state index contributed by atoms with van der Waals surface area (Å²) in [7, 11) is 5.64. The zero-order chi connectivity index (χ0) is 16.6. The lowest BCUT2D eigenvalue weighted by atomic mass is 9.66. The highest BCUT2D eigenvalue weighted by molar-refractivity contribution is 5.85. The number of allylic oxidation sites excluding steroid dienone is 3. The third kappa shape index (κ3) is 2.96. The highest BCUT2D eigenvalue weighted by atomic mass is 35.5. The molecule has 132 valence electrons. The zero-order valence-corrected chi connectivity index (χ0v) is 16.0. The van der Waals surface area contributed by atoms with Gasteiger partial charge in [-0.1, -0.05) is 38.2 Å². The van der Waals surface area contributed by atoms with E-state index in [1.165, 1.54) is 11.1 Å². The monoisotopic (exact) mass is 349 g/mol. The molecule has 0 aromatic heterocycles. The summed E-state index contributed by atoms with van der Waals surface area (Å²) < 4.78 is 11.0. The molecule has 24 heavy (non-hydrogen) atoms. The molecule has 1 aliphatic carbocycles. The summed E-state index contributed by atoms with van der Waals surface area (Å²) in [5, 5.41) is 0. The number of likely N-dealkylation sites (N-methyl/N-ethyl adjacent to an activating group) is 1. The molecule has 0 fully saturated rings. The van der Waals surface area contributed by atoms with Gasteiger partial charge in [0.25, 0.3) is 0 Å². The van der Waals surface area contributed by atoms with Crippen molar-refractivity contribution in [2.24, 2.45) is 11.3 Å². The van der Waals surface area contributed by atoms with Gasteiger partial charge in [-0.2, -0.15) is 0 Å². The molecule has 1 aromatic rings. The molecule has 0 N–H and O–H groups in total. The van der Waals surface area contributed by atoms with E-state index >= 15 is 0 Å². The second kappa shape index (κ2) is 7.20. The number of benzene rings is 1. The van der Waals surface area contributed by atoms with Crippen LogP contribution in [0, 0.1) is 11.3 Å². The Hall–Kier alpha value is -1.45. The van der Waals surface area contributed by atoms with E-state index in [1.54, 1.807) is 14.2 Å². The van der Waals surface area contributed by atoms with Crippen LogP contribution in [0.4, 0.5) is 0 Å². The molecule has 0 radical (unpaired) electrons. The largest absolute Gasteiger partial charge is 0.493 e. The maximum Gasteiger partial charge on any atom is 0.161 e. The van der Waals surface area contributed by atoms with Crippen LogP contribution in [0.5, 0.6) is 11.5 Å². The van der Waals surface area contributed by atoms with Gasteiger partial charge in [0.15, 0.2) is 11.5 Å². The van der Waals surface area contributed by atoms with E-state index in [1.807, 2.05) is 0 Å². The van der Waals surface area contributed by atoms with Crippen molar-refractivity contribution in [1.82, 2.24) is 4.90 Å². The standard InChI is InChI=1S/C20H27NO2.ClH/c1-14-8-6-7-10-20(14,2)19-16-13-18(23-5)17(22-4)12-15(16)9-11-21(19)3;/h6-8,10,12-14,19H,9,11H2,1-5H3;1H. The minimum Gasteiger partial charge on any atom is -0.493 e. The number of hydrogen-bond acceptors (Lipinski definition) is 3. The predicted octanol–water partition coefficient (Wildman–Crippen LogP) is 4.42. The Kier molecular flexibility index (Phi) is 5.67. The summed E-state index contributed by atoms with van der Waals surface area (Å²) in [6.45, 7) is 5.74. The quantitative estimate of drug-likeness (QED) is 0.806. The minimum atomic E-state index is 0. The summed E-state index contributed by atoms with van der Waals surface area (Å²) in [4.78, 5) is 2.48. The second-order valence-electron chi connectivity index (χ2n) is 6.94. The predicted molar refractivity (Wildman–Crippen MR) is 101 cm³/mol. The lowest BCUT2D eigenvalue weighted by molar-refractivity contribution is 0.0946. The molecule has 1 aliphatic heterocycles. The number of fused-ring (bicyclic) bond motifs is 1. The van der Waals surface area contributed by atoms with Crippen LogP contribution in [0.15, 0.2) is 36.4 Å². The minimum absolute atomic E-state index is 0. The first-order valence-corrected chi connectivity index (χ1v) is 8.32. The van der Waals surface area contributed by atoms with Crippen molar-refractivity contribution in [2.45, 2.75) is 26.3 Å². The van der Waals surface area contributed by atoms with Crippen molar-refractivity contribution in [1.29, 1.82) is 0 Å². The first kappa shape index (κ1) is 18.9. The summed E-state index contributed by atoms with van der Waals surface area (Å²) in [5.74, 6) is 2.13. The van der Waals surface area contributed by atoms with E-state index in [4.69, 9.17) is 9.47 Å². The first-order chi connectivity index (χ1) is 11.0. The molecular formula is C20H28ClNO2. The number of ether oxygens (including phenoxy) is 2. The van der Waals surface area contributed by atoms with Gasteiger partial charge in [-0.05, 0) is 42.6 Å². The van der Waals surface area contributed by atoms with E-state index in [0.717, 1.165) is 24.5 Å². The highest BCUT2D eigenvalue weighted by Crippen LogP contribution is 2.50. The van der Waals surface area contributed by atoms with Crippen LogP contribution in [0.25, 0.3) is 0 Å². The van der Waals surface area contributed by atoms with Crippen LogP contribution in [-0.2, 0) is 6.42 Å². The smallest absolute Gasteiger partial charge is 0.161 e. The van der Waals surface area contributed by atoms with Crippen molar-refractivity contribution in [3.63, 3.8) is 0 Å². The lowest BCUT2D eigenvalue weighted by Crippen LogP contribution is -2.44. The molecule has 1 heterocycles. The number of rotatable bonds is 3. The molecule has 1 aromatic carbocycles. The van der Waals surface area contributed by atoms with Gasteiger partial charge in [0.2, 0.25) is 0 Å². The normalized spacial score (nSPS) is 28.9. The van der Waals surface area contributed by atoms with Crippen LogP contribution in [-0.4, -0.2) is 32.7 Å². The van der Waals surface area contributed by atoms with Crippen molar-refractivity contribution >= 4 is 12.4 Å². The van der Waals surface area contributed by atoms with Gasteiger partial charge in [-0.3, -0.25) is 4.90 Å². The maximum absolute atomic E-state index is 5.56. The molecule has 3 atom stereocenters. The molecule has 3 nitrogen and oxygen atoms in total. The summed E-state index contributed by atoms with van der Waals surface area (Å²) in [5.41, 5.74) is 2.81. The summed E-state index contributed by atoms with van der Waals surface area (Å²) in [6, 6.07) is 4.67. The van der Waals surface area contributed by atoms with E-state index in [2.05, 4.69) is 62.2 Å². The van der Waals surface area contributed by atoms with Gasteiger partial charge in [0.1, 0.15) is 0 Å². The van der Waals surface area contributed by atoms with Gasteiger partial charge in [-0.15, -0.1) is 12.4 Å². The zero-order valence-electron chi connectivity index (χ0n) is 15.2. The van der Waals surface area contributed by atoms with Crippen LogP contribution in [0.2, 0.25) is 0 Å². The van der Waals surface area contributed by atoms with Crippen LogP contribution in [0.1, 0.15) is 31.0 Å². The lowest BCUT2D eigenvalue weighted by Gasteiger charge is -2.48. The third-order valence-corrected chi connectivity index (χ3v) is 5.65. The average Bonchev–Trinajstić information content (AvgIpc) is 2.56. The number of nitrogens with zero attached hydrogens (tertiary/aromatic N) is 1. The second-order valence-corrected chi connectivity index (χ2v) is 6.94. The molecule has 2 aliphatic rings. The first-order valence-electron chi connectivity index (χ1n) is 8.32. The summed E-state index contributed by atoms with van der Waals surface area (Å²) in [6.07, 6.45) is 10.1. The summed E-state index contributed by atoms with van der Waals surface area (Å²) >= 11 is 0. The Bertz CT molecular complexity index is 655. The molecule has 0 saturated carbocycles. The highest BCUT2D eigenvalue weighted by Gasteiger charge is 2.42. The topological polar surface area (TPSA) is 21.7 Å². The molecule has 0 bridgehead atoms. The van der Waals surface area contributed by atoms with Crippen LogP contribution < -0.4 is 9.47 Å². The Morgan fingerprint density at radius 1 is 1.12 bits per heavy atom. The van der Waals surface area contributed by atoms with E-state index in [-0.39, 0.29) is 17.8 Å². The molecule has 0 spiro atoms. The van der Waals surface area contributed by atoms with Crippen molar-refractivity contribution in [3.8, 4) is 11.5 Å². The molecule has 0 saturated heterocycles. The van der Waals surface area contributed by atoms with Crippen molar-refractivity contribution < 1.29 is 9.47 Å². The molecule has 3 unspecified atom stereocenters. The van der Waals surface area contributed by atoms with Crippen LogP contribution in [0.3, 0.4) is 0 Å². The molecule has 3 rings (SSSR count). The van der Waals surface area contributed by atoms with Crippen molar-refractivity contribution in [2.75, 3.05) is 27.8 Å². The molecule has 0 amide bonds. The van der Waals surface area contributed by atoms with E-state index in [0.29, 0.717) is 12.0 Å². The molecular weight excluding hydrogens is 322 g/mol. The fourth-order valence-corrected chi connectivity index (χ4v) is 4.07. The fraction of sp³-hybridized carbons (Fsp3) is 0.500. The number of halogens is 1. The van der Waals surface area contributed by atoms with Gasteiger partial charge >= 0.3 is 0 Å². The van der Waals surface area contributed by atoms with Gasteiger partial charge < -0.3 is 9.47 Å². The number of hydrogen-bond donors (Lipinski definition) is 0.